The summed E-state index contributed by atoms with van der Waals surface area (Å²) in [6.45, 7) is 9.25. The number of nitrogens with zero attached hydrogens (tertiary/aromatic N) is 4. The molecular weight excluding hydrogens is 516 g/mol. The van der Waals surface area contributed by atoms with E-state index in [0.29, 0.717) is 29.8 Å². The summed E-state index contributed by atoms with van der Waals surface area (Å²) in [7, 11) is -4.27. The lowest BCUT2D eigenvalue weighted by molar-refractivity contribution is -0.116. The summed E-state index contributed by atoms with van der Waals surface area (Å²) in [5.74, 6) is 0.386. The first kappa shape index (κ1) is 26.6. The largest absolute Gasteiger partial charge is 0.351 e. The van der Waals surface area contributed by atoms with Gasteiger partial charge in [-0.15, -0.1) is 0 Å². The van der Waals surface area contributed by atoms with Gasteiger partial charge in [-0.2, -0.15) is 8.42 Å². The number of hydrogen-bond acceptors (Lipinski definition) is 8. The van der Waals surface area contributed by atoms with Crippen molar-refractivity contribution in [1.29, 1.82) is 0 Å². The van der Waals surface area contributed by atoms with Crippen LogP contribution in [0, 0.1) is 5.92 Å². The van der Waals surface area contributed by atoms with Crippen LogP contribution in [0.3, 0.4) is 0 Å². The van der Waals surface area contributed by atoms with Crippen LogP contribution in [0.5, 0.6) is 0 Å². The fourth-order valence-electron chi connectivity index (χ4n) is 5.22. The smallest absolute Gasteiger partial charge is 0.281 e. The molecule has 5 rings (SSSR count). The van der Waals surface area contributed by atoms with Gasteiger partial charge in [-0.1, -0.05) is 13.0 Å². The Labute approximate surface area is 228 Å². The van der Waals surface area contributed by atoms with Gasteiger partial charge >= 0.3 is 0 Å². The molecule has 1 atom stereocenters. The lowest BCUT2D eigenvalue weighted by atomic mass is 9.90. The van der Waals surface area contributed by atoms with E-state index >= 15 is 0 Å². The summed E-state index contributed by atoms with van der Waals surface area (Å²) in [4.78, 5) is 37.5. The number of aromatic nitrogens is 2. The molecule has 2 aliphatic rings. The molecule has 1 saturated heterocycles. The maximum absolute atomic E-state index is 13.2. The zero-order valence-corrected chi connectivity index (χ0v) is 23.2. The molecule has 3 aromatic rings. The average Bonchev–Trinajstić information content (AvgIpc) is 3.43. The van der Waals surface area contributed by atoms with Crippen molar-refractivity contribution in [3.63, 3.8) is 0 Å². The summed E-state index contributed by atoms with van der Waals surface area (Å²) in [6.07, 6.45) is 3.29. The summed E-state index contributed by atoms with van der Waals surface area (Å²) >= 11 is 0. The maximum Gasteiger partial charge on any atom is 0.281 e. The van der Waals surface area contributed by atoms with Crippen molar-refractivity contribution in [2.45, 2.75) is 51.1 Å². The van der Waals surface area contributed by atoms with Crippen LogP contribution in [0.4, 0.5) is 23.0 Å². The number of rotatable bonds is 6. The van der Waals surface area contributed by atoms with Crippen molar-refractivity contribution < 1.29 is 18.0 Å². The van der Waals surface area contributed by atoms with E-state index < -0.39 is 15.9 Å². The van der Waals surface area contributed by atoms with Crippen LogP contribution in [0.15, 0.2) is 59.8 Å². The number of anilines is 4. The fraction of sp³-hybridized carbons (Fsp3) is 0.357. The lowest BCUT2D eigenvalue weighted by Gasteiger charge is -2.36. The molecular formula is C28H32N6O4S. The average molecular weight is 549 g/mol. The van der Waals surface area contributed by atoms with Gasteiger partial charge in [-0.25, -0.2) is 14.7 Å². The first-order chi connectivity index (χ1) is 18.5. The van der Waals surface area contributed by atoms with Crippen LogP contribution >= 0.6 is 0 Å². The normalized spacial score (nSPS) is 18.1. The van der Waals surface area contributed by atoms with Crippen LogP contribution < -0.4 is 19.8 Å². The minimum absolute atomic E-state index is 0.00631. The molecule has 0 saturated carbocycles. The second-order valence-electron chi connectivity index (χ2n) is 10.6. The highest BCUT2D eigenvalue weighted by molar-refractivity contribution is 7.90. The number of carbonyl (C=O) groups excluding carboxylic acids is 2. The van der Waals surface area contributed by atoms with Crippen LogP contribution in [0.25, 0.3) is 0 Å². The number of sulfonamides is 1. The summed E-state index contributed by atoms with van der Waals surface area (Å²) in [6, 6.07) is 13.3. The van der Waals surface area contributed by atoms with Gasteiger partial charge in [0, 0.05) is 43.1 Å². The number of pyridine rings is 2. The Balaban J connectivity index is 1.35. The van der Waals surface area contributed by atoms with Crippen molar-refractivity contribution in [2.75, 3.05) is 28.2 Å². The number of nitrogens with one attached hydrogen (secondary N) is 2. The number of hydrogen-bond donors (Lipinski definition) is 2. The van der Waals surface area contributed by atoms with Crippen molar-refractivity contribution in [3.8, 4) is 0 Å². The van der Waals surface area contributed by atoms with Crippen LogP contribution in [0.1, 0.15) is 50.0 Å². The monoisotopic (exact) mass is 548 g/mol. The Bertz CT molecular complexity index is 1560. The molecule has 2 aromatic heterocycles. The van der Waals surface area contributed by atoms with Crippen molar-refractivity contribution in [2.24, 2.45) is 5.92 Å². The molecule has 0 bridgehead atoms. The minimum atomic E-state index is -4.27. The SMILES string of the molecule is CC(=O)N1CCc2cc(Nc3cccc(S(=O)(=O)NC(=O)c4cccnc4N4CCC(C)C4(C)C)n3)ccc21. The number of amides is 2. The maximum atomic E-state index is 13.2. The second kappa shape index (κ2) is 9.96. The highest BCUT2D eigenvalue weighted by Crippen LogP contribution is 2.38. The van der Waals surface area contributed by atoms with Gasteiger partial charge in [-0.05, 0) is 80.6 Å². The predicted octanol–water partition coefficient (Wildman–Crippen LogP) is 3.87. The molecule has 1 fully saturated rings. The molecule has 2 amide bonds. The van der Waals surface area contributed by atoms with E-state index in [-0.39, 0.29) is 22.0 Å². The van der Waals surface area contributed by atoms with Gasteiger partial charge < -0.3 is 15.1 Å². The quantitative estimate of drug-likeness (QED) is 0.476. The third-order valence-electron chi connectivity index (χ3n) is 7.83. The molecule has 4 heterocycles. The molecule has 10 nitrogen and oxygen atoms in total. The summed E-state index contributed by atoms with van der Waals surface area (Å²) in [5, 5.41) is 2.84. The van der Waals surface area contributed by atoms with Crippen molar-refractivity contribution >= 4 is 44.8 Å². The number of benzene rings is 1. The molecule has 2 N–H and O–H groups in total. The summed E-state index contributed by atoms with van der Waals surface area (Å²) < 4.78 is 28.6. The minimum Gasteiger partial charge on any atom is -0.351 e. The van der Waals surface area contributed by atoms with Gasteiger partial charge in [0.2, 0.25) is 5.91 Å². The molecule has 11 heteroatoms. The summed E-state index contributed by atoms with van der Waals surface area (Å²) in [5.41, 5.74) is 2.57. The molecule has 1 unspecified atom stereocenters. The number of carbonyl (C=O) groups is 2. The molecule has 0 aliphatic carbocycles. The zero-order chi connectivity index (χ0) is 27.9. The van der Waals surface area contributed by atoms with E-state index in [1.807, 2.05) is 18.2 Å². The first-order valence-electron chi connectivity index (χ1n) is 12.9. The standard InChI is InChI=1S/C28H32N6O4S/c1-18-12-16-34(28(18,3)4)26-22(7-6-14-29-26)27(36)32-39(37,38)25-9-5-8-24(31-25)30-21-10-11-23-20(17-21)13-15-33(23)19(2)35/h5-11,14,17-18H,12-13,15-16H2,1-4H3,(H,30,31)(H,32,36). The van der Waals surface area contributed by atoms with Gasteiger partial charge in [0.15, 0.2) is 5.03 Å². The molecule has 204 valence electrons. The van der Waals surface area contributed by atoms with Gasteiger partial charge in [0.25, 0.3) is 15.9 Å². The number of fused-ring (bicyclic) bond motifs is 1. The Morgan fingerprint density at radius 3 is 2.59 bits per heavy atom. The van der Waals surface area contributed by atoms with E-state index in [1.165, 1.54) is 6.07 Å². The van der Waals surface area contributed by atoms with E-state index in [0.717, 1.165) is 30.6 Å². The molecule has 1 aromatic carbocycles. The Morgan fingerprint density at radius 2 is 1.87 bits per heavy atom. The fourth-order valence-corrected chi connectivity index (χ4v) is 6.15. The van der Waals surface area contributed by atoms with Crippen LogP contribution in [0.2, 0.25) is 0 Å². The van der Waals surface area contributed by atoms with E-state index in [4.69, 9.17) is 0 Å². The Morgan fingerprint density at radius 1 is 1.08 bits per heavy atom. The van der Waals surface area contributed by atoms with Crippen LogP contribution in [-0.4, -0.2) is 48.8 Å². The van der Waals surface area contributed by atoms with Gasteiger partial charge in [0.1, 0.15) is 11.6 Å². The molecule has 2 aliphatic heterocycles. The molecule has 0 spiro atoms. The highest BCUT2D eigenvalue weighted by atomic mass is 32.2. The van der Waals surface area contributed by atoms with E-state index in [1.54, 1.807) is 42.3 Å². The van der Waals surface area contributed by atoms with Crippen molar-refractivity contribution in [1.82, 2.24) is 14.7 Å². The topological polar surface area (TPSA) is 125 Å². The lowest BCUT2D eigenvalue weighted by Crippen LogP contribution is -2.43. The van der Waals surface area contributed by atoms with Gasteiger partial charge in [0.05, 0.1) is 5.56 Å². The first-order valence-corrected chi connectivity index (χ1v) is 14.4. The Hall–Kier alpha value is -3.99. The van der Waals surface area contributed by atoms with E-state index in [9.17, 15) is 18.0 Å². The predicted molar refractivity (Wildman–Crippen MR) is 150 cm³/mol. The highest BCUT2D eigenvalue weighted by Gasteiger charge is 2.40. The van der Waals surface area contributed by atoms with Crippen molar-refractivity contribution in [3.05, 3.63) is 65.9 Å². The van der Waals surface area contributed by atoms with E-state index in [2.05, 4.69) is 45.7 Å². The third kappa shape index (κ3) is 5.06. The second-order valence-corrected chi connectivity index (χ2v) is 12.2. The molecule has 39 heavy (non-hydrogen) atoms. The van der Waals surface area contributed by atoms with Gasteiger partial charge in [-0.3, -0.25) is 9.59 Å². The molecule has 0 radical (unpaired) electrons. The zero-order valence-electron chi connectivity index (χ0n) is 22.4. The Kier molecular flexibility index (Phi) is 6.79. The third-order valence-corrected chi connectivity index (χ3v) is 9.06. The van der Waals surface area contributed by atoms with Crippen LogP contribution in [-0.2, 0) is 21.2 Å².